The second-order valence-corrected chi connectivity index (χ2v) is 7.44. The molecule has 0 aliphatic carbocycles. The number of hydrogen-bond donors (Lipinski definition) is 1. The Labute approximate surface area is 129 Å². The first-order valence-electron chi connectivity index (χ1n) is 5.49. The Morgan fingerprint density at radius 3 is 2.33 bits per heavy atom. The number of rotatable bonds is 4. The van der Waals surface area contributed by atoms with E-state index in [0.29, 0.717) is 16.5 Å². The molecule has 0 aliphatic rings. The van der Waals surface area contributed by atoms with Crippen LogP contribution in [0.4, 0.5) is 0 Å². The molecular formula is C13H12BrCl2NS. The molecule has 2 rings (SSSR count). The molecule has 0 spiro atoms. The third kappa shape index (κ3) is 3.72. The molecule has 1 atom stereocenters. The quantitative estimate of drug-likeness (QED) is 0.817. The summed E-state index contributed by atoms with van der Waals surface area (Å²) in [7, 11) is 0. The van der Waals surface area contributed by atoms with Crippen LogP contribution in [-0.4, -0.2) is 6.04 Å². The summed E-state index contributed by atoms with van der Waals surface area (Å²) in [6.45, 7) is 0. The van der Waals surface area contributed by atoms with Gasteiger partial charge in [0.05, 0.1) is 3.79 Å². The largest absolute Gasteiger partial charge is 0.327 e. The third-order valence-corrected chi connectivity index (χ3v) is 4.97. The summed E-state index contributed by atoms with van der Waals surface area (Å²) in [6.07, 6.45) is 1.52. The molecule has 0 aliphatic heterocycles. The first kappa shape index (κ1) is 14.4. The van der Waals surface area contributed by atoms with Crippen LogP contribution < -0.4 is 5.73 Å². The van der Waals surface area contributed by atoms with Crippen molar-refractivity contribution in [2.24, 2.45) is 5.73 Å². The summed E-state index contributed by atoms with van der Waals surface area (Å²) in [5.74, 6) is 0. The molecule has 2 aromatic rings. The molecule has 0 bridgehead atoms. The maximum Gasteiger partial charge on any atom is 0.0701 e. The number of hydrogen-bond acceptors (Lipinski definition) is 2. The molecule has 96 valence electrons. The van der Waals surface area contributed by atoms with Crippen molar-refractivity contribution >= 4 is 50.5 Å². The zero-order valence-corrected chi connectivity index (χ0v) is 13.4. The molecule has 2 N–H and O–H groups in total. The van der Waals surface area contributed by atoms with Gasteiger partial charge in [-0.05, 0) is 58.6 Å². The Balaban J connectivity index is 2.05. The second kappa shape index (κ2) is 6.40. The van der Waals surface area contributed by atoms with Crippen molar-refractivity contribution in [1.29, 1.82) is 0 Å². The van der Waals surface area contributed by atoms with Crippen molar-refractivity contribution in [3.05, 3.63) is 54.6 Å². The van der Waals surface area contributed by atoms with Crippen LogP contribution in [-0.2, 0) is 12.8 Å². The van der Waals surface area contributed by atoms with Gasteiger partial charge in [-0.3, -0.25) is 0 Å². The minimum absolute atomic E-state index is 0.0212. The molecule has 5 heteroatoms. The molecule has 18 heavy (non-hydrogen) atoms. The predicted octanol–water partition coefficient (Wildman–Crippen LogP) is 4.93. The summed E-state index contributed by atoms with van der Waals surface area (Å²) in [5, 5.41) is 1.37. The minimum atomic E-state index is 0.0212. The van der Waals surface area contributed by atoms with E-state index in [9.17, 15) is 0 Å². The van der Waals surface area contributed by atoms with Crippen LogP contribution in [0.5, 0.6) is 0 Å². The lowest BCUT2D eigenvalue weighted by Gasteiger charge is -2.13. The van der Waals surface area contributed by atoms with Gasteiger partial charge >= 0.3 is 0 Å². The van der Waals surface area contributed by atoms with E-state index in [1.807, 2.05) is 24.3 Å². The van der Waals surface area contributed by atoms with Gasteiger partial charge in [-0.1, -0.05) is 29.3 Å². The average Bonchev–Trinajstić information content (AvgIpc) is 2.69. The van der Waals surface area contributed by atoms with Gasteiger partial charge in [0.15, 0.2) is 0 Å². The normalized spacial score (nSPS) is 12.7. The molecule has 0 radical (unpaired) electrons. The Morgan fingerprint density at radius 1 is 1.11 bits per heavy atom. The predicted molar refractivity (Wildman–Crippen MR) is 83.9 cm³/mol. The Kier molecular flexibility index (Phi) is 5.10. The van der Waals surface area contributed by atoms with E-state index in [1.54, 1.807) is 11.3 Å². The van der Waals surface area contributed by atoms with Gasteiger partial charge in [0.2, 0.25) is 0 Å². The van der Waals surface area contributed by atoms with Crippen LogP contribution in [0.2, 0.25) is 10.0 Å². The van der Waals surface area contributed by atoms with Crippen LogP contribution in [0, 0.1) is 0 Å². The van der Waals surface area contributed by atoms with Crippen LogP contribution in [0.1, 0.15) is 10.4 Å². The Hall–Kier alpha value is -0.0600. The topological polar surface area (TPSA) is 26.0 Å². The van der Waals surface area contributed by atoms with Crippen LogP contribution in [0.15, 0.2) is 34.1 Å². The van der Waals surface area contributed by atoms with Gasteiger partial charge < -0.3 is 5.73 Å². The molecule has 1 unspecified atom stereocenters. The number of halogens is 3. The summed E-state index contributed by atoms with van der Waals surface area (Å²) >= 11 is 17.4. The average molecular weight is 365 g/mol. The number of nitrogens with two attached hydrogens (primary N) is 1. The monoisotopic (exact) mass is 363 g/mol. The fourth-order valence-electron chi connectivity index (χ4n) is 1.78. The minimum Gasteiger partial charge on any atom is -0.327 e. The van der Waals surface area contributed by atoms with E-state index < -0.39 is 0 Å². The van der Waals surface area contributed by atoms with Crippen molar-refractivity contribution in [2.45, 2.75) is 18.9 Å². The lowest BCUT2D eigenvalue weighted by Crippen LogP contribution is -2.25. The van der Waals surface area contributed by atoms with Gasteiger partial charge in [0, 0.05) is 21.0 Å². The van der Waals surface area contributed by atoms with Gasteiger partial charge in [0.1, 0.15) is 0 Å². The third-order valence-electron chi connectivity index (χ3n) is 2.62. The smallest absolute Gasteiger partial charge is 0.0701 e. The summed E-state index contributed by atoms with van der Waals surface area (Å²) in [4.78, 5) is 1.26. The molecule has 1 nitrogen and oxygen atoms in total. The molecule has 0 fully saturated rings. The summed E-state index contributed by atoms with van der Waals surface area (Å²) in [6, 6.07) is 9.68. The van der Waals surface area contributed by atoms with Crippen molar-refractivity contribution in [3.63, 3.8) is 0 Å². The van der Waals surface area contributed by atoms with E-state index in [0.717, 1.165) is 15.8 Å². The maximum absolute atomic E-state index is 6.16. The van der Waals surface area contributed by atoms with Gasteiger partial charge in [-0.25, -0.2) is 0 Å². The lowest BCUT2D eigenvalue weighted by molar-refractivity contribution is 0.671. The first-order valence-corrected chi connectivity index (χ1v) is 7.85. The highest BCUT2D eigenvalue weighted by atomic mass is 79.9. The van der Waals surface area contributed by atoms with Gasteiger partial charge in [-0.2, -0.15) is 0 Å². The molecule has 1 heterocycles. The Morgan fingerprint density at radius 2 is 1.78 bits per heavy atom. The van der Waals surface area contributed by atoms with Gasteiger partial charge in [-0.15, -0.1) is 11.3 Å². The molecule has 1 aromatic carbocycles. The maximum atomic E-state index is 6.16. The zero-order chi connectivity index (χ0) is 13.1. The second-order valence-electron chi connectivity index (χ2n) is 4.07. The van der Waals surface area contributed by atoms with Crippen LogP contribution in [0.3, 0.4) is 0 Å². The molecule has 0 saturated carbocycles. The number of benzene rings is 1. The van der Waals surface area contributed by atoms with E-state index in [4.69, 9.17) is 28.9 Å². The molecule has 1 aromatic heterocycles. The standard InChI is InChI=1S/C13H12BrCl2NS/c14-13-5-4-9(18-13)6-8(17)7-10-11(15)2-1-3-12(10)16/h1-5,8H,6-7,17H2. The molecular weight excluding hydrogens is 353 g/mol. The fraction of sp³-hybridized carbons (Fsp3) is 0.231. The molecule has 0 amide bonds. The number of thiophene rings is 1. The van der Waals surface area contributed by atoms with Gasteiger partial charge in [0.25, 0.3) is 0 Å². The van der Waals surface area contributed by atoms with E-state index in [1.165, 1.54) is 4.88 Å². The SMILES string of the molecule is NC(Cc1ccc(Br)s1)Cc1c(Cl)cccc1Cl. The highest BCUT2D eigenvalue weighted by molar-refractivity contribution is 9.11. The molecule has 0 saturated heterocycles. The van der Waals surface area contributed by atoms with E-state index >= 15 is 0 Å². The Bertz CT molecular complexity index is 521. The lowest BCUT2D eigenvalue weighted by atomic mass is 10.0. The van der Waals surface area contributed by atoms with Crippen molar-refractivity contribution in [1.82, 2.24) is 0 Å². The van der Waals surface area contributed by atoms with E-state index in [2.05, 4.69) is 22.0 Å². The zero-order valence-electron chi connectivity index (χ0n) is 9.50. The highest BCUT2D eigenvalue weighted by Gasteiger charge is 2.12. The van der Waals surface area contributed by atoms with Crippen LogP contribution >= 0.6 is 50.5 Å². The van der Waals surface area contributed by atoms with Crippen LogP contribution in [0.25, 0.3) is 0 Å². The fourth-order valence-corrected chi connectivity index (χ4v) is 3.91. The van der Waals surface area contributed by atoms with E-state index in [-0.39, 0.29) is 6.04 Å². The van der Waals surface area contributed by atoms with Crippen molar-refractivity contribution < 1.29 is 0 Å². The summed E-state index contributed by atoms with van der Waals surface area (Å²) < 4.78 is 1.13. The van der Waals surface area contributed by atoms with Crippen molar-refractivity contribution in [2.75, 3.05) is 0 Å². The first-order chi connectivity index (χ1) is 8.56. The highest BCUT2D eigenvalue weighted by Crippen LogP contribution is 2.27. The summed E-state index contributed by atoms with van der Waals surface area (Å²) in [5.41, 5.74) is 7.09. The van der Waals surface area contributed by atoms with Crippen molar-refractivity contribution in [3.8, 4) is 0 Å².